The van der Waals surface area contributed by atoms with Crippen molar-refractivity contribution in [3.05, 3.63) is 47.7 Å². The zero-order chi connectivity index (χ0) is 15.2. The second-order valence-electron chi connectivity index (χ2n) is 4.89. The fourth-order valence-electron chi connectivity index (χ4n) is 1.91. The lowest BCUT2D eigenvalue weighted by molar-refractivity contribution is -0.137. The zero-order valence-corrected chi connectivity index (χ0v) is 13.3. The van der Waals surface area contributed by atoms with E-state index in [1.165, 1.54) is 6.07 Å². The van der Waals surface area contributed by atoms with Crippen LogP contribution in [0.2, 0.25) is 12.6 Å². The van der Waals surface area contributed by atoms with Crippen molar-refractivity contribution in [1.82, 2.24) is 0 Å². The molecule has 0 aromatic heterocycles. The molecule has 0 fully saturated rings. The fraction of sp³-hybridized carbons (Fsp3) is 0.467. The molecular formula is C15H19ClF3Si. The quantitative estimate of drug-likeness (QED) is 0.328. The van der Waals surface area contributed by atoms with Gasteiger partial charge in [0.2, 0.25) is 0 Å². The summed E-state index contributed by atoms with van der Waals surface area (Å²) in [4.78, 5) is 0. The average Bonchev–Trinajstić information content (AvgIpc) is 2.42. The Morgan fingerprint density at radius 3 is 2.65 bits per heavy atom. The Morgan fingerprint density at radius 2 is 2.05 bits per heavy atom. The van der Waals surface area contributed by atoms with Crippen molar-refractivity contribution in [2.45, 2.75) is 43.4 Å². The van der Waals surface area contributed by atoms with E-state index in [9.17, 15) is 13.2 Å². The number of hydrogen-bond acceptors (Lipinski definition) is 0. The molecular weight excluding hydrogens is 301 g/mol. The second kappa shape index (κ2) is 7.89. The summed E-state index contributed by atoms with van der Waals surface area (Å²) in [5.74, 6) is 0. The Balaban J connectivity index is 2.51. The van der Waals surface area contributed by atoms with Crippen LogP contribution >= 0.6 is 11.6 Å². The normalized spacial score (nSPS) is 13.5. The molecule has 0 nitrogen and oxygen atoms in total. The molecule has 1 unspecified atom stereocenters. The molecule has 0 aliphatic carbocycles. The van der Waals surface area contributed by atoms with Crippen molar-refractivity contribution < 1.29 is 13.2 Å². The first-order chi connectivity index (χ1) is 9.34. The first kappa shape index (κ1) is 17.3. The third kappa shape index (κ3) is 5.71. The van der Waals surface area contributed by atoms with Crippen LogP contribution in [0.4, 0.5) is 13.2 Å². The Kier molecular flexibility index (Phi) is 6.82. The maximum atomic E-state index is 12.6. The molecule has 0 spiro atoms. The largest absolute Gasteiger partial charge is 0.416 e. The van der Waals surface area contributed by atoms with E-state index >= 15 is 0 Å². The molecule has 0 bridgehead atoms. The number of rotatable bonds is 7. The van der Waals surface area contributed by atoms with Crippen LogP contribution in [0.5, 0.6) is 0 Å². The maximum Gasteiger partial charge on any atom is 0.416 e. The lowest BCUT2D eigenvalue weighted by Gasteiger charge is -2.13. The smallest absolute Gasteiger partial charge is 0.166 e. The van der Waals surface area contributed by atoms with Crippen LogP contribution in [-0.2, 0) is 6.18 Å². The number of hydrogen-bond donors (Lipinski definition) is 0. The highest BCUT2D eigenvalue weighted by atomic mass is 35.5. The number of unbranched alkanes of at least 4 members (excludes halogenated alkanes) is 1. The van der Waals surface area contributed by atoms with Crippen molar-refractivity contribution in [1.29, 1.82) is 0 Å². The Labute approximate surface area is 125 Å². The van der Waals surface area contributed by atoms with Gasteiger partial charge in [-0.1, -0.05) is 43.6 Å². The van der Waals surface area contributed by atoms with Gasteiger partial charge in [0.15, 0.2) is 0 Å². The van der Waals surface area contributed by atoms with Gasteiger partial charge in [0.25, 0.3) is 0 Å². The molecule has 0 heterocycles. The summed E-state index contributed by atoms with van der Waals surface area (Å²) in [6.45, 7) is 5.96. The van der Waals surface area contributed by atoms with E-state index in [-0.39, 0.29) is 5.38 Å². The van der Waals surface area contributed by atoms with Crippen molar-refractivity contribution >= 4 is 20.4 Å². The van der Waals surface area contributed by atoms with Gasteiger partial charge in [-0.25, -0.2) is 0 Å². The highest BCUT2D eigenvalue weighted by Crippen LogP contribution is 2.33. The van der Waals surface area contributed by atoms with E-state index in [4.69, 9.17) is 11.6 Å². The van der Waals surface area contributed by atoms with Crippen molar-refractivity contribution in [3.63, 3.8) is 0 Å². The van der Waals surface area contributed by atoms with Crippen LogP contribution in [0, 0.1) is 0 Å². The minimum Gasteiger partial charge on any atom is -0.166 e. The average molecular weight is 320 g/mol. The molecule has 0 amide bonds. The predicted octanol–water partition coefficient (Wildman–Crippen LogP) is 6.01. The fourth-order valence-corrected chi connectivity index (χ4v) is 3.21. The first-order valence-electron chi connectivity index (χ1n) is 6.60. The Hall–Kier alpha value is -0.743. The zero-order valence-electron chi connectivity index (χ0n) is 11.5. The molecule has 0 aliphatic rings. The van der Waals surface area contributed by atoms with E-state index in [1.54, 1.807) is 6.07 Å². The van der Waals surface area contributed by atoms with Crippen molar-refractivity contribution in [3.8, 4) is 0 Å². The van der Waals surface area contributed by atoms with E-state index in [0.29, 0.717) is 12.0 Å². The highest BCUT2D eigenvalue weighted by Gasteiger charge is 2.30. The first-order valence-corrected chi connectivity index (χ1v) is 9.32. The highest BCUT2D eigenvalue weighted by molar-refractivity contribution is 6.62. The van der Waals surface area contributed by atoms with Gasteiger partial charge < -0.3 is 0 Å². The summed E-state index contributed by atoms with van der Waals surface area (Å²) in [6.07, 6.45) is -1.62. The third-order valence-corrected chi connectivity index (χ3v) is 5.51. The van der Waals surface area contributed by atoms with E-state index < -0.39 is 20.5 Å². The van der Waals surface area contributed by atoms with Gasteiger partial charge in [-0.2, -0.15) is 13.2 Å². The molecule has 5 heteroatoms. The van der Waals surface area contributed by atoms with Crippen molar-refractivity contribution in [2.24, 2.45) is 0 Å². The lowest BCUT2D eigenvalue weighted by Crippen LogP contribution is -2.06. The molecule has 0 saturated carbocycles. The summed E-state index contributed by atoms with van der Waals surface area (Å²) in [5, 5.41) is -0.353. The molecule has 0 aliphatic heterocycles. The van der Waals surface area contributed by atoms with E-state index in [0.717, 1.165) is 31.0 Å². The summed E-state index contributed by atoms with van der Waals surface area (Å²) >= 11 is 6.20. The molecule has 1 aromatic carbocycles. The van der Waals surface area contributed by atoms with Gasteiger partial charge in [0.05, 0.1) is 19.7 Å². The Bertz CT molecular complexity index is 431. The minimum absolute atomic E-state index is 0.353. The Morgan fingerprint density at radius 1 is 1.35 bits per heavy atom. The monoisotopic (exact) mass is 319 g/mol. The van der Waals surface area contributed by atoms with Crippen LogP contribution < -0.4 is 0 Å². The predicted molar refractivity (Wildman–Crippen MR) is 80.5 cm³/mol. The second-order valence-corrected chi connectivity index (χ2v) is 8.01. The van der Waals surface area contributed by atoms with Gasteiger partial charge in [0.1, 0.15) is 0 Å². The molecule has 0 N–H and O–H groups in total. The van der Waals surface area contributed by atoms with Crippen LogP contribution in [0.3, 0.4) is 0 Å². The molecule has 1 rings (SSSR count). The lowest BCUT2D eigenvalue weighted by atomic mass is 10.0. The van der Waals surface area contributed by atoms with Crippen LogP contribution in [0.1, 0.15) is 35.8 Å². The van der Waals surface area contributed by atoms with Crippen LogP contribution in [0.25, 0.3) is 0 Å². The van der Waals surface area contributed by atoms with Crippen LogP contribution in [-0.4, -0.2) is 8.80 Å². The third-order valence-electron chi connectivity index (χ3n) is 3.20. The standard InChI is InChI=1S/C15H19ClF3Si/c1-3-20(2)10-5-4-9-14(16)12-7-6-8-13(11-12)15(17,18)19/h3,6-8,11,14H,1,4-5,9-10H2,2H3. The van der Waals surface area contributed by atoms with Crippen LogP contribution in [0.15, 0.2) is 36.5 Å². The molecule has 1 radical (unpaired) electrons. The van der Waals surface area contributed by atoms with E-state index in [2.05, 4.69) is 13.1 Å². The number of alkyl halides is 4. The summed E-state index contributed by atoms with van der Waals surface area (Å²) in [7, 11) is -0.444. The van der Waals surface area contributed by atoms with Crippen molar-refractivity contribution in [2.75, 3.05) is 0 Å². The molecule has 1 aromatic rings. The minimum atomic E-state index is -4.31. The van der Waals surface area contributed by atoms with Gasteiger partial charge in [-0.05, 0) is 18.1 Å². The van der Waals surface area contributed by atoms with E-state index in [1.807, 2.05) is 5.70 Å². The molecule has 0 saturated heterocycles. The SMILES string of the molecule is C=C[Si](C)CCCCC(Cl)c1cccc(C(F)(F)F)c1. The van der Waals surface area contributed by atoms with Gasteiger partial charge in [-0.3, -0.25) is 0 Å². The molecule has 1 atom stereocenters. The van der Waals surface area contributed by atoms with Gasteiger partial charge in [-0.15, -0.1) is 23.9 Å². The van der Waals surface area contributed by atoms with Gasteiger partial charge in [0, 0.05) is 0 Å². The number of benzene rings is 1. The summed E-state index contributed by atoms with van der Waals surface area (Å²) in [6, 6.07) is 6.43. The molecule has 20 heavy (non-hydrogen) atoms. The van der Waals surface area contributed by atoms with Gasteiger partial charge >= 0.3 is 6.18 Å². The number of halogens is 4. The maximum absolute atomic E-state index is 12.6. The summed E-state index contributed by atoms with van der Waals surface area (Å²) < 4.78 is 37.8. The molecule has 111 valence electrons. The topological polar surface area (TPSA) is 0 Å². The summed E-state index contributed by atoms with van der Waals surface area (Å²) in [5.41, 5.74) is 1.92.